The van der Waals surface area contributed by atoms with Gasteiger partial charge in [-0.15, -0.1) is 0 Å². The van der Waals surface area contributed by atoms with E-state index in [2.05, 4.69) is 10.3 Å². The van der Waals surface area contributed by atoms with Gasteiger partial charge in [0, 0.05) is 11.9 Å². The molecule has 112 valence electrons. The van der Waals surface area contributed by atoms with Gasteiger partial charge in [0.2, 0.25) is 5.91 Å². The van der Waals surface area contributed by atoms with E-state index in [1.54, 1.807) is 24.3 Å². The number of halogens is 2. The minimum Gasteiger partial charge on any atom is -0.406 e. The summed E-state index contributed by atoms with van der Waals surface area (Å²) >= 11 is 11.7. The number of oxazole rings is 1. The average Bonchev–Trinajstić information content (AvgIpc) is 2.79. The Kier molecular flexibility index (Phi) is 3.87. The zero-order valence-corrected chi connectivity index (χ0v) is 12.6. The molecule has 1 aromatic carbocycles. The van der Waals surface area contributed by atoms with E-state index in [1.807, 2.05) is 0 Å². The van der Waals surface area contributed by atoms with Crippen LogP contribution in [0.15, 0.2) is 45.7 Å². The Balaban J connectivity index is 1.82. The highest BCUT2D eigenvalue weighted by atomic mass is 35.5. The van der Waals surface area contributed by atoms with Crippen molar-refractivity contribution < 1.29 is 9.21 Å². The minimum atomic E-state index is -0.641. The number of carbonyl (C=O) groups is 1. The van der Waals surface area contributed by atoms with Crippen molar-refractivity contribution in [1.29, 1.82) is 0 Å². The summed E-state index contributed by atoms with van der Waals surface area (Å²) in [6.45, 7) is -0.219. The van der Waals surface area contributed by atoms with Crippen LogP contribution in [0.2, 0.25) is 10.0 Å². The monoisotopic (exact) mass is 337 g/mol. The molecule has 1 amide bonds. The molecule has 0 saturated heterocycles. The van der Waals surface area contributed by atoms with Crippen molar-refractivity contribution in [1.82, 2.24) is 9.55 Å². The number of amides is 1. The van der Waals surface area contributed by atoms with Crippen molar-refractivity contribution >= 4 is 46.0 Å². The van der Waals surface area contributed by atoms with E-state index in [9.17, 15) is 9.59 Å². The molecular formula is C14H9Cl2N3O3. The quantitative estimate of drug-likeness (QED) is 0.797. The summed E-state index contributed by atoms with van der Waals surface area (Å²) in [5.41, 5.74) is 1.12. The van der Waals surface area contributed by atoms with Crippen molar-refractivity contribution in [2.45, 2.75) is 6.54 Å². The largest absolute Gasteiger partial charge is 0.421 e. The number of fused-ring (bicyclic) bond motifs is 1. The van der Waals surface area contributed by atoms with Crippen LogP contribution in [-0.2, 0) is 11.3 Å². The van der Waals surface area contributed by atoms with Crippen LogP contribution in [0.4, 0.5) is 5.69 Å². The van der Waals surface area contributed by atoms with Gasteiger partial charge in [-0.05, 0) is 30.3 Å². The molecule has 0 radical (unpaired) electrons. The second-order valence-corrected chi connectivity index (χ2v) is 5.27. The molecule has 0 saturated carbocycles. The van der Waals surface area contributed by atoms with Gasteiger partial charge in [-0.1, -0.05) is 23.2 Å². The molecule has 2 aromatic heterocycles. The number of nitrogens with one attached hydrogen (secondary N) is 1. The highest BCUT2D eigenvalue weighted by Crippen LogP contribution is 2.25. The van der Waals surface area contributed by atoms with Gasteiger partial charge < -0.3 is 9.73 Å². The van der Waals surface area contributed by atoms with E-state index in [1.165, 1.54) is 12.3 Å². The lowest BCUT2D eigenvalue weighted by Crippen LogP contribution is -2.25. The summed E-state index contributed by atoms with van der Waals surface area (Å²) in [5, 5.41) is 3.34. The number of pyridine rings is 1. The topological polar surface area (TPSA) is 77.1 Å². The van der Waals surface area contributed by atoms with Crippen LogP contribution in [0.25, 0.3) is 11.2 Å². The number of rotatable bonds is 3. The van der Waals surface area contributed by atoms with Crippen LogP contribution in [0.1, 0.15) is 0 Å². The molecule has 0 unspecified atom stereocenters. The zero-order valence-electron chi connectivity index (χ0n) is 11.0. The van der Waals surface area contributed by atoms with Gasteiger partial charge in [-0.2, -0.15) is 0 Å². The first-order valence-corrected chi connectivity index (χ1v) is 6.99. The molecule has 3 aromatic rings. The summed E-state index contributed by atoms with van der Waals surface area (Å²) in [6.07, 6.45) is 1.52. The van der Waals surface area contributed by atoms with E-state index in [0.29, 0.717) is 27.0 Å². The van der Waals surface area contributed by atoms with Crippen molar-refractivity contribution in [3.63, 3.8) is 0 Å². The molecule has 2 heterocycles. The van der Waals surface area contributed by atoms with Crippen molar-refractivity contribution in [2.75, 3.05) is 5.32 Å². The second kappa shape index (κ2) is 5.82. The molecule has 8 heteroatoms. The molecule has 0 spiro atoms. The van der Waals surface area contributed by atoms with Crippen molar-refractivity contribution in [2.24, 2.45) is 0 Å². The molecule has 0 atom stereocenters. The smallest absolute Gasteiger partial charge is 0.406 e. The average molecular weight is 338 g/mol. The zero-order chi connectivity index (χ0) is 15.7. The first-order valence-electron chi connectivity index (χ1n) is 6.24. The molecule has 6 nitrogen and oxygen atoms in total. The van der Waals surface area contributed by atoms with Gasteiger partial charge >= 0.3 is 5.76 Å². The maximum absolute atomic E-state index is 12.1. The van der Waals surface area contributed by atoms with E-state index in [-0.39, 0.29) is 6.54 Å². The number of hydrogen-bond donors (Lipinski definition) is 1. The standard InChI is InChI=1S/C14H9Cl2N3O3/c15-9-4-3-8(6-10(9)16)18-12(20)7-19-13-11(22-14(19)21)2-1-5-17-13/h1-6H,7H2,(H,18,20). The van der Waals surface area contributed by atoms with Gasteiger partial charge in [0.15, 0.2) is 11.2 Å². The Hall–Kier alpha value is -2.31. The molecule has 0 fully saturated rings. The third-order valence-corrected chi connectivity index (χ3v) is 3.67. The van der Waals surface area contributed by atoms with Gasteiger partial charge in [-0.25, -0.2) is 14.3 Å². The highest BCUT2D eigenvalue weighted by Gasteiger charge is 2.13. The fourth-order valence-electron chi connectivity index (χ4n) is 1.96. The minimum absolute atomic E-state index is 0.219. The highest BCUT2D eigenvalue weighted by molar-refractivity contribution is 6.42. The van der Waals surface area contributed by atoms with E-state index in [4.69, 9.17) is 27.6 Å². The maximum atomic E-state index is 12.1. The van der Waals surface area contributed by atoms with E-state index < -0.39 is 11.7 Å². The van der Waals surface area contributed by atoms with Crippen LogP contribution >= 0.6 is 23.2 Å². The van der Waals surface area contributed by atoms with Gasteiger partial charge in [0.05, 0.1) is 10.0 Å². The Bertz CT molecular complexity index is 917. The third-order valence-electron chi connectivity index (χ3n) is 2.93. The SMILES string of the molecule is O=C(Cn1c(=O)oc2cccnc21)Nc1ccc(Cl)c(Cl)c1. The Morgan fingerprint density at radius 3 is 2.86 bits per heavy atom. The first kappa shape index (κ1) is 14.6. The molecule has 0 bridgehead atoms. The third kappa shape index (κ3) is 2.84. The van der Waals surface area contributed by atoms with Gasteiger partial charge in [0.25, 0.3) is 0 Å². The number of nitrogens with zero attached hydrogens (tertiary/aromatic N) is 2. The number of anilines is 1. The molecule has 0 aliphatic carbocycles. The summed E-state index contributed by atoms with van der Waals surface area (Å²) < 4.78 is 6.17. The Morgan fingerprint density at radius 2 is 2.09 bits per heavy atom. The first-order chi connectivity index (χ1) is 10.5. The number of benzene rings is 1. The van der Waals surface area contributed by atoms with Crippen molar-refractivity contribution in [3.8, 4) is 0 Å². The number of aromatic nitrogens is 2. The molecule has 1 N–H and O–H groups in total. The second-order valence-electron chi connectivity index (χ2n) is 4.46. The van der Waals surface area contributed by atoms with Crippen LogP contribution in [0.3, 0.4) is 0 Å². The van der Waals surface area contributed by atoms with Crippen molar-refractivity contribution in [3.05, 3.63) is 57.1 Å². The predicted octanol–water partition coefficient (Wildman–Crippen LogP) is 2.94. The molecule has 0 aliphatic heterocycles. The molecule has 22 heavy (non-hydrogen) atoms. The van der Waals surface area contributed by atoms with E-state index >= 15 is 0 Å². The Morgan fingerprint density at radius 1 is 1.27 bits per heavy atom. The lowest BCUT2D eigenvalue weighted by molar-refractivity contribution is -0.116. The lowest BCUT2D eigenvalue weighted by atomic mass is 10.3. The summed E-state index contributed by atoms with van der Waals surface area (Å²) in [7, 11) is 0. The molecule has 0 aliphatic rings. The normalized spacial score (nSPS) is 10.8. The number of hydrogen-bond acceptors (Lipinski definition) is 4. The summed E-state index contributed by atoms with van der Waals surface area (Å²) in [5.74, 6) is -1.05. The Labute approximate surface area is 134 Å². The summed E-state index contributed by atoms with van der Waals surface area (Å²) in [4.78, 5) is 27.9. The van der Waals surface area contributed by atoms with Gasteiger partial charge in [0.1, 0.15) is 6.54 Å². The van der Waals surface area contributed by atoms with Gasteiger partial charge in [-0.3, -0.25) is 4.79 Å². The van der Waals surface area contributed by atoms with E-state index in [0.717, 1.165) is 4.57 Å². The van der Waals surface area contributed by atoms with Crippen LogP contribution < -0.4 is 11.1 Å². The van der Waals surface area contributed by atoms with Crippen LogP contribution in [0.5, 0.6) is 0 Å². The van der Waals surface area contributed by atoms with Crippen LogP contribution in [0, 0.1) is 0 Å². The summed E-state index contributed by atoms with van der Waals surface area (Å²) in [6, 6.07) is 7.96. The number of carbonyl (C=O) groups excluding carboxylic acids is 1. The lowest BCUT2D eigenvalue weighted by Gasteiger charge is -2.06. The molecular weight excluding hydrogens is 329 g/mol. The fourth-order valence-corrected chi connectivity index (χ4v) is 2.26. The van der Waals surface area contributed by atoms with Crippen LogP contribution in [-0.4, -0.2) is 15.5 Å². The maximum Gasteiger partial charge on any atom is 0.421 e. The predicted molar refractivity (Wildman–Crippen MR) is 83.4 cm³/mol. The molecule has 3 rings (SSSR count). The fraction of sp³-hybridized carbons (Fsp3) is 0.0714.